The zero-order chi connectivity index (χ0) is 19.4. The lowest BCUT2D eigenvalue weighted by Gasteiger charge is -2.08. The van der Waals surface area contributed by atoms with Gasteiger partial charge in [-0.25, -0.2) is 0 Å². The standard InChI is InChI=1S/C20H12BrCl3O3/c21-13-3-1-2-12(8-13)19(25)7-6-15-4-5-16(27-15)11-26-20-17(23)9-14(22)10-18(20)24/h1-10H,11H2/b7-6+. The zero-order valence-electron chi connectivity index (χ0n) is 13.7. The Bertz CT molecular complexity index is 988. The van der Waals surface area contributed by atoms with Crippen LogP contribution in [-0.2, 0) is 6.61 Å². The first-order valence-electron chi connectivity index (χ1n) is 7.76. The maximum Gasteiger partial charge on any atom is 0.186 e. The lowest BCUT2D eigenvalue weighted by atomic mass is 10.1. The van der Waals surface area contributed by atoms with E-state index in [2.05, 4.69) is 15.9 Å². The molecule has 0 N–H and O–H groups in total. The van der Waals surface area contributed by atoms with Gasteiger partial charge in [0.2, 0.25) is 0 Å². The zero-order valence-corrected chi connectivity index (χ0v) is 17.6. The summed E-state index contributed by atoms with van der Waals surface area (Å²) in [4.78, 5) is 12.2. The Balaban J connectivity index is 1.64. The van der Waals surface area contributed by atoms with Crippen LogP contribution < -0.4 is 4.74 Å². The first-order valence-corrected chi connectivity index (χ1v) is 9.69. The molecule has 0 aliphatic heterocycles. The Kier molecular flexibility index (Phi) is 6.66. The second-order valence-electron chi connectivity index (χ2n) is 5.50. The van der Waals surface area contributed by atoms with Crippen molar-refractivity contribution in [1.29, 1.82) is 0 Å². The molecule has 0 aliphatic rings. The highest BCUT2D eigenvalue weighted by Gasteiger charge is 2.11. The van der Waals surface area contributed by atoms with Crippen molar-refractivity contribution in [3.8, 4) is 5.75 Å². The van der Waals surface area contributed by atoms with Gasteiger partial charge in [-0.05, 0) is 48.6 Å². The van der Waals surface area contributed by atoms with E-state index >= 15 is 0 Å². The molecular formula is C20H12BrCl3O3. The minimum Gasteiger partial charge on any atom is -0.483 e. The molecule has 0 saturated heterocycles. The van der Waals surface area contributed by atoms with E-state index in [1.807, 2.05) is 6.07 Å². The summed E-state index contributed by atoms with van der Waals surface area (Å²) in [6.45, 7) is 0.133. The van der Waals surface area contributed by atoms with Crippen LogP contribution in [0.2, 0.25) is 15.1 Å². The van der Waals surface area contributed by atoms with Gasteiger partial charge in [0.25, 0.3) is 0 Å². The third-order valence-electron chi connectivity index (χ3n) is 3.51. The molecule has 0 fully saturated rings. The Hall–Kier alpha value is -1.72. The summed E-state index contributed by atoms with van der Waals surface area (Å²) in [6, 6.07) is 13.8. The minimum atomic E-state index is -0.120. The van der Waals surface area contributed by atoms with E-state index < -0.39 is 0 Å². The Morgan fingerprint density at radius 2 is 1.81 bits per heavy atom. The first kappa shape index (κ1) is 20.0. The summed E-state index contributed by atoms with van der Waals surface area (Å²) < 4.78 is 12.1. The molecule has 1 heterocycles. The quantitative estimate of drug-likeness (QED) is 0.268. The van der Waals surface area contributed by atoms with Crippen molar-refractivity contribution in [1.82, 2.24) is 0 Å². The molecule has 0 amide bonds. The van der Waals surface area contributed by atoms with Gasteiger partial charge in [-0.3, -0.25) is 4.79 Å². The van der Waals surface area contributed by atoms with Gasteiger partial charge >= 0.3 is 0 Å². The number of carbonyl (C=O) groups is 1. The van der Waals surface area contributed by atoms with Crippen LogP contribution in [0, 0.1) is 0 Å². The van der Waals surface area contributed by atoms with Crippen LogP contribution >= 0.6 is 50.7 Å². The van der Waals surface area contributed by atoms with Crippen LogP contribution in [0.5, 0.6) is 5.75 Å². The molecule has 3 rings (SSSR count). The molecule has 0 unspecified atom stereocenters. The van der Waals surface area contributed by atoms with Gasteiger partial charge in [-0.1, -0.05) is 62.9 Å². The summed E-state index contributed by atoms with van der Waals surface area (Å²) in [5.74, 6) is 1.31. The van der Waals surface area contributed by atoms with Crippen molar-refractivity contribution in [3.05, 3.63) is 91.2 Å². The van der Waals surface area contributed by atoms with Crippen LogP contribution in [0.3, 0.4) is 0 Å². The van der Waals surface area contributed by atoms with Crippen molar-refractivity contribution in [2.45, 2.75) is 6.61 Å². The topological polar surface area (TPSA) is 39.4 Å². The van der Waals surface area contributed by atoms with Gasteiger partial charge in [-0.15, -0.1) is 0 Å². The van der Waals surface area contributed by atoms with Crippen LogP contribution in [-0.4, -0.2) is 5.78 Å². The van der Waals surface area contributed by atoms with E-state index in [9.17, 15) is 4.79 Å². The van der Waals surface area contributed by atoms with E-state index in [0.717, 1.165) is 4.47 Å². The predicted octanol–water partition coefficient (Wildman–Crippen LogP) is 7.48. The molecule has 2 aromatic carbocycles. The number of halogens is 4. The fraction of sp³-hybridized carbons (Fsp3) is 0.0500. The summed E-state index contributed by atoms with van der Waals surface area (Å²) >= 11 is 21.4. The third-order valence-corrected chi connectivity index (χ3v) is 4.79. The number of rotatable bonds is 6. The van der Waals surface area contributed by atoms with Crippen molar-refractivity contribution < 1.29 is 13.9 Å². The first-order chi connectivity index (χ1) is 12.9. The minimum absolute atomic E-state index is 0.120. The lowest BCUT2D eigenvalue weighted by molar-refractivity contribution is 0.104. The molecular weight excluding hydrogens is 474 g/mol. The van der Waals surface area contributed by atoms with Crippen LogP contribution in [0.15, 0.2) is 63.5 Å². The summed E-state index contributed by atoms with van der Waals surface area (Å²) in [5.41, 5.74) is 0.586. The molecule has 1 aromatic heterocycles. The van der Waals surface area contributed by atoms with Gasteiger partial charge in [0, 0.05) is 15.1 Å². The molecule has 3 aromatic rings. The number of hydrogen-bond acceptors (Lipinski definition) is 3. The molecule has 0 saturated carbocycles. The van der Waals surface area contributed by atoms with E-state index in [1.165, 1.54) is 6.08 Å². The van der Waals surface area contributed by atoms with Crippen LogP contribution in [0.4, 0.5) is 0 Å². The second kappa shape index (κ2) is 8.98. The molecule has 138 valence electrons. The Morgan fingerprint density at radius 1 is 1.07 bits per heavy atom. The third kappa shape index (κ3) is 5.39. The highest BCUT2D eigenvalue weighted by molar-refractivity contribution is 9.10. The fourth-order valence-corrected chi connectivity index (χ4v) is 3.59. The fourth-order valence-electron chi connectivity index (χ4n) is 2.27. The predicted molar refractivity (Wildman–Crippen MR) is 112 cm³/mol. The molecule has 3 nitrogen and oxygen atoms in total. The summed E-state index contributed by atoms with van der Waals surface area (Å²) in [5, 5.41) is 1.07. The molecule has 0 radical (unpaired) electrons. The van der Waals surface area contributed by atoms with E-state index in [-0.39, 0.29) is 12.4 Å². The number of carbonyl (C=O) groups excluding carboxylic acids is 1. The Morgan fingerprint density at radius 3 is 2.52 bits per heavy atom. The number of ketones is 1. The normalized spacial score (nSPS) is 11.1. The van der Waals surface area contributed by atoms with Gasteiger partial charge in [-0.2, -0.15) is 0 Å². The average molecular weight is 487 g/mol. The van der Waals surface area contributed by atoms with Crippen molar-refractivity contribution in [3.63, 3.8) is 0 Å². The van der Waals surface area contributed by atoms with Crippen molar-refractivity contribution >= 4 is 62.6 Å². The van der Waals surface area contributed by atoms with Crippen molar-refractivity contribution in [2.24, 2.45) is 0 Å². The smallest absolute Gasteiger partial charge is 0.186 e. The SMILES string of the molecule is O=C(/C=C/c1ccc(COc2c(Cl)cc(Cl)cc2Cl)o1)c1cccc(Br)c1. The molecule has 0 atom stereocenters. The highest BCUT2D eigenvalue weighted by Crippen LogP contribution is 2.36. The number of allylic oxidation sites excluding steroid dienone is 1. The molecule has 0 spiro atoms. The number of ether oxygens (including phenoxy) is 1. The van der Waals surface area contributed by atoms with E-state index in [4.69, 9.17) is 44.0 Å². The maximum absolute atomic E-state index is 12.2. The number of furan rings is 1. The molecule has 0 bridgehead atoms. The van der Waals surface area contributed by atoms with Crippen LogP contribution in [0.25, 0.3) is 6.08 Å². The number of hydrogen-bond donors (Lipinski definition) is 0. The number of benzene rings is 2. The van der Waals surface area contributed by atoms with E-state index in [1.54, 1.807) is 48.5 Å². The summed E-state index contributed by atoms with van der Waals surface area (Å²) in [6.07, 6.45) is 3.06. The van der Waals surface area contributed by atoms with Gasteiger partial charge in [0.1, 0.15) is 18.1 Å². The monoisotopic (exact) mass is 484 g/mol. The van der Waals surface area contributed by atoms with Gasteiger partial charge < -0.3 is 9.15 Å². The van der Waals surface area contributed by atoms with Gasteiger partial charge in [0.05, 0.1) is 10.0 Å². The Labute approximate surface area is 179 Å². The van der Waals surface area contributed by atoms with Gasteiger partial charge in [0.15, 0.2) is 11.5 Å². The lowest BCUT2D eigenvalue weighted by Crippen LogP contribution is -1.95. The average Bonchev–Trinajstić information content (AvgIpc) is 3.06. The van der Waals surface area contributed by atoms with Crippen molar-refractivity contribution in [2.75, 3.05) is 0 Å². The summed E-state index contributed by atoms with van der Waals surface area (Å²) in [7, 11) is 0. The van der Waals surface area contributed by atoms with Crippen LogP contribution in [0.1, 0.15) is 21.9 Å². The maximum atomic E-state index is 12.2. The molecule has 7 heteroatoms. The highest BCUT2D eigenvalue weighted by atomic mass is 79.9. The molecule has 0 aliphatic carbocycles. The molecule has 27 heavy (non-hydrogen) atoms. The van der Waals surface area contributed by atoms with E-state index in [0.29, 0.717) is 37.9 Å². The second-order valence-corrected chi connectivity index (χ2v) is 7.67. The largest absolute Gasteiger partial charge is 0.483 e.